The quantitative estimate of drug-likeness (QED) is 0.746. The van der Waals surface area contributed by atoms with E-state index in [9.17, 15) is 9.59 Å². The first kappa shape index (κ1) is 17.4. The third-order valence-electron chi connectivity index (χ3n) is 4.40. The molecule has 0 N–H and O–H groups in total. The van der Waals surface area contributed by atoms with Crippen LogP contribution in [-0.4, -0.2) is 21.5 Å². The molecule has 1 aromatic heterocycles. The minimum Gasteiger partial charge on any atom is -0.426 e. The molecule has 1 aromatic carbocycles. The van der Waals surface area contributed by atoms with Crippen molar-refractivity contribution in [3.05, 3.63) is 64.1 Å². The Kier molecular flexibility index (Phi) is 5.04. The van der Waals surface area contributed by atoms with Crippen molar-refractivity contribution in [3.63, 3.8) is 0 Å². The van der Waals surface area contributed by atoms with Gasteiger partial charge in [-0.3, -0.25) is 4.79 Å². The smallest absolute Gasteiger partial charge is 0.363 e. The molecule has 0 saturated heterocycles. The normalized spacial score (nSPS) is 15.3. The predicted octanol–water partition coefficient (Wildman–Crippen LogP) is 4.33. The van der Waals surface area contributed by atoms with E-state index in [1.807, 2.05) is 37.3 Å². The summed E-state index contributed by atoms with van der Waals surface area (Å²) >= 11 is 6.19. The molecular formula is C19H19ClN2O3. The largest absolute Gasteiger partial charge is 0.426 e. The Labute approximate surface area is 151 Å². The number of carbonyl (C=O) groups excluding carboxylic acids is 2. The first-order valence-corrected chi connectivity index (χ1v) is 8.60. The van der Waals surface area contributed by atoms with Gasteiger partial charge in [-0.25, -0.2) is 9.48 Å². The Bertz CT molecular complexity index is 840. The average Bonchev–Trinajstić information content (AvgIpc) is 3.21. The molecule has 0 unspecified atom stereocenters. The van der Waals surface area contributed by atoms with Gasteiger partial charge in [0.15, 0.2) is 11.5 Å². The van der Waals surface area contributed by atoms with Crippen LogP contribution in [0, 0.1) is 0 Å². The van der Waals surface area contributed by atoms with Crippen molar-refractivity contribution in [2.45, 2.75) is 39.2 Å². The summed E-state index contributed by atoms with van der Waals surface area (Å²) in [5, 5.41) is 4.47. The molecule has 0 amide bonds. The number of ether oxygens (including phenoxy) is 1. The number of Topliss-reactive ketones (excluding diaryl/α,β-unsaturated/α-hetero) is 1. The molecule has 6 heteroatoms. The average molecular weight is 359 g/mol. The number of esters is 1. The van der Waals surface area contributed by atoms with E-state index in [1.165, 1.54) is 13.1 Å². The number of aromatic nitrogens is 2. The van der Waals surface area contributed by atoms with Gasteiger partial charge >= 0.3 is 5.97 Å². The molecule has 1 aliphatic carbocycles. The Hall–Kier alpha value is -2.40. The lowest BCUT2D eigenvalue weighted by molar-refractivity contribution is -0.113. The number of nitrogens with zero attached hydrogens (tertiary/aromatic N) is 2. The fourth-order valence-corrected chi connectivity index (χ4v) is 3.27. The second-order valence-corrected chi connectivity index (χ2v) is 6.48. The maximum Gasteiger partial charge on any atom is 0.363 e. The molecule has 25 heavy (non-hydrogen) atoms. The molecule has 1 atom stereocenters. The second kappa shape index (κ2) is 7.23. The van der Waals surface area contributed by atoms with Gasteiger partial charge in [-0.1, -0.05) is 41.9 Å². The van der Waals surface area contributed by atoms with Crippen LogP contribution in [0.15, 0.2) is 47.9 Å². The predicted molar refractivity (Wildman–Crippen MR) is 94.5 cm³/mol. The summed E-state index contributed by atoms with van der Waals surface area (Å²) in [5.41, 5.74) is 1.78. The molecule has 0 aliphatic heterocycles. The number of ketones is 1. The highest BCUT2D eigenvalue weighted by molar-refractivity contribution is 6.33. The summed E-state index contributed by atoms with van der Waals surface area (Å²) in [7, 11) is 0. The van der Waals surface area contributed by atoms with Gasteiger partial charge in [0.2, 0.25) is 0 Å². The number of benzene rings is 1. The standard InChI is InChI=1S/C19H19ClN2O3/c1-12(14-7-4-3-5-8-14)22-18(16(20)11-21-22)19(24)25-17-10-6-9-15(17)13(2)23/h3-5,7-8,11-12H,6,9-10H2,1-2H3/t12-/m1/s1. The van der Waals surface area contributed by atoms with Crippen molar-refractivity contribution in [1.29, 1.82) is 0 Å². The van der Waals surface area contributed by atoms with Crippen molar-refractivity contribution in [2.24, 2.45) is 0 Å². The molecule has 1 aliphatic rings. The highest BCUT2D eigenvalue weighted by Crippen LogP contribution is 2.30. The van der Waals surface area contributed by atoms with E-state index in [0.29, 0.717) is 24.2 Å². The van der Waals surface area contributed by atoms with Crippen LogP contribution in [0.25, 0.3) is 0 Å². The summed E-state index contributed by atoms with van der Waals surface area (Å²) in [6, 6.07) is 9.53. The zero-order valence-electron chi connectivity index (χ0n) is 14.2. The van der Waals surface area contributed by atoms with Gasteiger partial charge in [0.1, 0.15) is 5.76 Å². The first-order valence-electron chi connectivity index (χ1n) is 8.22. The lowest BCUT2D eigenvalue weighted by Gasteiger charge is -2.16. The van der Waals surface area contributed by atoms with Crippen LogP contribution in [0.2, 0.25) is 5.02 Å². The molecule has 0 saturated carbocycles. The summed E-state index contributed by atoms with van der Waals surface area (Å²) in [4.78, 5) is 24.4. The Morgan fingerprint density at radius 1 is 1.24 bits per heavy atom. The van der Waals surface area contributed by atoms with E-state index in [2.05, 4.69) is 5.10 Å². The number of hydrogen-bond acceptors (Lipinski definition) is 4. The van der Waals surface area contributed by atoms with E-state index in [-0.39, 0.29) is 22.5 Å². The van der Waals surface area contributed by atoms with Crippen LogP contribution in [0.4, 0.5) is 0 Å². The molecule has 0 spiro atoms. The van der Waals surface area contributed by atoms with E-state index in [1.54, 1.807) is 4.68 Å². The number of allylic oxidation sites excluding steroid dienone is 2. The third kappa shape index (κ3) is 3.51. The monoisotopic (exact) mass is 358 g/mol. The Morgan fingerprint density at radius 3 is 2.64 bits per heavy atom. The SMILES string of the molecule is CC(=O)C1=C(OC(=O)c2c(Cl)cnn2[C@H](C)c2ccccc2)CCC1. The zero-order valence-corrected chi connectivity index (χ0v) is 14.9. The molecule has 5 nitrogen and oxygen atoms in total. The second-order valence-electron chi connectivity index (χ2n) is 6.07. The molecule has 0 fully saturated rings. The van der Waals surface area contributed by atoms with Gasteiger partial charge in [0.05, 0.1) is 17.3 Å². The molecular weight excluding hydrogens is 340 g/mol. The van der Waals surface area contributed by atoms with Gasteiger partial charge in [-0.05, 0) is 32.3 Å². The van der Waals surface area contributed by atoms with Crippen molar-refractivity contribution >= 4 is 23.4 Å². The van der Waals surface area contributed by atoms with Crippen LogP contribution in [-0.2, 0) is 9.53 Å². The Balaban J connectivity index is 1.90. The summed E-state index contributed by atoms with van der Waals surface area (Å²) in [6.07, 6.45) is 3.48. The van der Waals surface area contributed by atoms with Crippen molar-refractivity contribution in [3.8, 4) is 0 Å². The first-order chi connectivity index (χ1) is 12.0. The summed E-state index contributed by atoms with van der Waals surface area (Å²) in [6.45, 7) is 3.43. The van der Waals surface area contributed by atoms with Gasteiger partial charge in [0, 0.05) is 12.0 Å². The van der Waals surface area contributed by atoms with Gasteiger partial charge < -0.3 is 4.74 Å². The lowest BCUT2D eigenvalue weighted by atomic mass is 10.1. The van der Waals surface area contributed by atoms with Gasteiger partial charge in [-0.2, -0.15) is 5.10 Å². The van der Waals surface area contributed by atoms with Gasteiger partial charge in [-0.15, -0.1) is 0 Å². The minimum atomic E-state index is -0.582. The third-order valence-corrected chi connectivity index (χ3v) is 4.68. The molecule has 0 radical (unpaired) electrons. The topological polar surface area (TPSA) is 61.2 Å². The molecule has 1 heterocycles. The van der Waals surface area contributed by atoms with Gasteiger partial charge in [0.25, 0.3) is 0 Å². The maximum atomic E-state index is 12.7. The fraction of sp³-hybridized carbons (Fsp3) is 0.316. The summed E-state index contributed by atoms with van der Waals surface area (Å²) < 4.78 is 7.07. The Morgan fingerprint density at radius 2 is 1.96 bits per heavy atom. The van der Waals surface area contributed by atoms with E-state index in [0.717, 1.165) is 12.0 Å². The maximum absolute atomic E-state index is 12.7. The minimum absolute atomic E-state index is 0.0578. The fourth-order valence-electron chi connectivity index (χ4n) is 3.06. The highest BCUT2D eigenvalue weighted by Gasteiger charge is 2.27. The lowest BCUT2D eigenvalue weighted by Crippen LogP contribution is -2.18. The van der Waals surface area contributed by atoms with E-state index < -0.39 is 5.97 Å². The van der Waals surface area contributed by atoms with Crippen LogP contribution < -0.4 is 0 Å². The van der Waals surface area contributed by atoms with E-state index >= 15 is 0 Å². The molecule has 130 valence electrons. The number of carbonyl (C=O) groups is 2. The van der Waals surface area contributed by atoms with E-state index in [4.69, 9.17) is 16.3 Å². The van der Waals surface area contributed by atoms with Crippen LogP contribution >= 0.6 is 11.6 Å². The van der Waals surface area contributed by atoms with Crippen molar-refractivity contribution in [2.75, 3.05) is 0 Å². The zero-order chi connectivity index (χ0) is 18.0. The van der Waals surface area contributed by atoms with Crippen molar-refractivity contribution in [1.82, 2.24) is 9.78 Å². The molecule has 3 rings (SSSR count). The highest BCUT2D eigenvalue weighted by atomic mass is 35.5. The number of halogens is 1. The summed E-state index contributed by atoms with van der Waals surface area (Å²) in [5.74, 6) is -0.188. The van der Waals surface area contributed by atoms with Crippen molar-refractivity contribution < 1.29 is 14.3 Å². The van der Waals surface area contributed by atoms with Crippen LogP contribution in [0.1, 0.15) is 55.2 Å². The van der Waals surface area contributed by atoms with Crippen LogP contribution in [0.5, 0.6) is 0 Å². The number of rotatable bonds is 5. The number of hydrogen-bond donors (Lipinski definition) is 0. The molecule has 0 bridgehead atoms. The molecule has 2 aromatic rings. The van der Waals surface area contributed by atoms with Crippen LogP contribution in [0.3, 0.4) is 0 Å².